The number of piperidine rings is 1. The van der Waals surface area contributed by atoms with Crippen molar-refractivity contribution in [2.75, 3.05) is 7.05 Å². The molecule has 0 aromatic heterocycles. The van der Waals surface area contributed by atoms with Gasteiger partial charge in [0.1, 0.15) is 11.2 Å². The summed E-state index contributed by atoms with van der Waals surface area (Å²) >= 11 is 0. The van der Waals surface area contributed by atoms with Crippen LogP contribution in [0.4, 0.5) is 0 Å². The van der Waals surface area contributed by atoms with Gasteiger partial charge in [0, 0.05) is 37.2 Å². The van der Waals surface area contributed by atoms with Crippen molar-refractivity contribution in [3.63, 3.8) is 0 Å². The second kappa shape index (κ2) is 6.77. The van der Waals surface area contributed by atoms with Gasteiger partial charge in [0.2, 0.25) is 5.91 Å². The highest BCUT2D eigenvalue weighted by Crippen LogP contribution is 2.51. The summed E-state index contributed by atoms with van der Waals surface area (Å²) in [5, 5.41) is 0. The Morgan fingerprint density at radius 2 is 1.67 bits per heavy atom. The first-order valence-electron chi connectivity index (χ1n) is 10.2. The summed E-state index contributed by atoms with van der Waals surface area (Å²) < 4.78 is 0. The van der Waals surface area contributed by atoms with Gasteiger partial charge in [-0.15, -0.1) is 0 Å². The van der Waals surface area contributed by atoms with Crippen molar-refractivity contribution >= 4 is 17.6 Å². The van der Waals surface area contributed by atoms with E-state index in [2.05, 4.69) is 0 Å². The van der Waals surface area contributed by atoms with Crippen LogP contribution in [0.15, 0.2) is 30.3 Å². The highest BCUT2D eigenvalue weighted by atomic mass is 16.2. The zero-order chi connectivity index (χ0) is 19.2. The van der Waals surface area contributed by atoms with E-state index in [-0.39, 0.29) is 35.7 Å². The molecular weight excluding hydrogens is 340 g/mol. The van der Waals surface area contributed by atoms with Crippen LogP contribution in [0, 0.1) is 5.41 Å². The quantitative estimate of drug-likeness (QED) is 0.751. The maximum absolute atomic E-state index is 13.2. The third kappa shape index (κ3) is 2.97. The number of hydrogen-bond acceptors (Lipinski definition) is 3. The van der Waals surface area contributed by atoms with Crippen LogP contribution in [0.5, 0.6) is 0 Å². The zero-order valence-corrected chi connectivity index (χ0v) is 16.2. The van der Waals surface area contributed by atoms with E-state index in [1.807, 2.05) is 54.1 Å². The number of Topliss-reactive ketones (excluding diaryl/α,β-unsaturated/α-hetero) is 1. The molecule has 1 aromatic rings. The van der Waals surface area contributed by atoms with E-state index in [0.717, 1.165) is 25.7 Å². The van der Waals surface area contributed by atoms with Crippen molar-refractivity contribution < 1.29 is 14.4 Å². The fraction of sp³-hybridized carbons (Fsp3) is 0.591. The van der Waals surface area contributed by atoms with E-state index in [4.69, 9.17) is 0 Å². The summed E-state index contributed by atoms with van der Waals surface area (Å²) in [5.41, 5.74) is -0.00917. The largest absolute Gasteiger partial charge is 0.339 e. The Labute approximate surface area is 160 Å². The lowest BCUT2D eigenvalue weighted by Gasteiger charge is -2.43. The molecule has 27 heavy (non-hydrogen) atoms. The summed E-state index contributed by atoms with van der Waals surface area (Å²) in [5.74, 6) is 0.210. The third-order valence-electron chi connectivity index (χ3n) is 6.85. The molecule has 2 amide bonds. The average molecular weight is 368 g/mol. The highest BCUT2D eigenvalue weighted by molar-refractivity contribution is 6.09. The van der Waals surface area contributed by atoms with Crippen LogP contribution >= 0.6 is 0 Å². The van der Waals surface area contributed by atoms with Gasteiger partial charge in [0.15, 0.2) is 0 Å². The van der Waals surface area contributed by atoms with E-state index >= 15 is 0 Å². The summed E-state index contributed by atoms with van der Waals surface area (Å²) in [6, 6.07) is 9.84. The van der Waals surface area contributed by atoms with E-state index in [1.165, 1.54) is 0 Å². The maximum Gasteiger partial charge on any atom is 0.253 e. The van der Waals surface area contributed by atoms with E-state index in [1.54, 1.807) is 0 Å². The summed E-state index contributed by atoms with van der Waals surface area (Å²) in [6.45, 7) is 1.85. The molecule has 5 nitrogen and oxygen atoms in total. The molecule has 1 saturated carbocycles. The number of hydrogen-bond donors (Lipinski definition) is 0. The first-order valence-corrected chi connectivity index (χ1v) is 10.2. The molecule has 1 aliphatic carbocycles. The molecule has 2 atom stereocenters. The molecule has 2 heterocycles. The minimum absolute atomic E-state index is 0.0413. The number of ketones is 1. The van der Waals surface area contributed by atoms with Gasteiger partial charge in [-0.05, 0) is 50.7 Å². The van der Waals surface area contributed by atoms with Gasteiger partial charge in [0.25, 0.3) is 5.91 Å². The lowest BCUT2D eigenvalue weighted by Crippen LogP contribution is -2.55. The van der Waals surface area contributed by atoms with E-state index in [9.17, 15) is 14.4 Å². The number of carbonyl (C=O) groups excluding carboxylic acids is 3. The molecule has 5 heteroatoms. The predicted octanol–water partition coefficient (Wildman–Crippen LogP) is 3.04. The van der Waals surface area contributed by atoms with Crippen LogP contribution < -0.4 is 0 Å². The number of rotatable bonds is 5. The molecule has 2 saturated heterocycles. The van der Waals surface area contributed by atoms with Gasteiger partial charge in [-0.3, -0.25) is 14.4 Å². The van der Waals surface area contributed by atoms with Gasteiger partial charge < -0.3 is 9.80 Å². The molecule has 2 aliphatic heterocycles. The van der Waals surface area contributed by atoms with Crippen LogP contribution in [0.3, 0.4) is 0 Å². The smallest absolute Gasteiger partial charge is 0.253 e. The molecule has 3 fully saturated rings. The van der Waals surface area contributed by atoms with Gasteiger partial charge in [0.05, 0.1) is 0 Å². The monoisotopic (exact) mass is 368 g/mol. The van der Waals surface area contributed by atoms with Crippen molar-refractivity contribution in [1.82, 2.24) is 9.80 Å². The lowest BCUT2D eigenvalue weighted by molar-refractivity contribution is -0.147. The van der Waals surface area contributed by atoms with Crippen molar-refractivity contribution in [3.8, 4) is 0 Å². The van der Waals surface area contributed by atoms with Crippen LogP contribution in [0.1, 0.15) is 62.2 Å². The van der Waals surface area contributed by atoms with Crippen molar-refractivity contribution in [2.24, 2.45) is 5.41 Å². The van der Waals surface area contributed by atoms with Crippen LogP contribution in [0.25, 0.3) is 0 Å². The minimum atomic E-state index is -0.714. The van der Waals surface area contributed by atoms with Crippen LogP contribution in [-0.4, -0.2) is 52.6 Å². The normalized spacial score (nSPS) is 27.9. The van der Waals surface area contributed by atoms with Crippen LogP contribution in [0.2, 0.25) is 0 Å². The molecule has 0 radical (unpaired) electrons. The second-order valence-electron chi connectivity index (χ2n) is 8.36. The van der Waals surface area contributed by atoms with Gasteiger partial charge in [-0.2, -0.15) is 0 Å². The number of benzene rings is 1. The van der Waals surface area contributed by atoms with Gasteiger partial charge in [-0.1, -0.05) is 25.1 Å². The molecule has 1 aromatic carbocycles. The van der Waals surface area contributed by atoms with Crippen molar-refractivity contribution in [2.45, 2.75) is 70.0 Å². The van der Waals surface area contributed by atoms with Gasteiger partial charge >= 0.3 is 0 Å². The first kappa shape index (κ1) is 18.2. The highest BCUT2D eigenvalue weighted by Gasteiger charge is 2.60. The Morgan fingerprint density at radius 1 is 1.07 bits per heavy atom. The third-order valence-corrected chi connectivity index (χ3v) is 6.85. The Morgan fingerprint density at radius 3 is 2.19 bits per heavy atom. The van der Waals surface area contributed by atoms with Crippen LogP contribution in [-0.2, 0) is 9.59 Å². The number of amides is 2. The number of carbonyl (C=O) groups is 3. The molecule has 2 bridgehead atoms. The molecule has 0 spiro atoms. The first-order chi connectivity index (χ1) is 13.0. The minimum Gasteiger partial charge on any atom is -0.339 e. The molecule has 2 unspecified atom stereocenters. The Bertz CT molecular complexity index is 742. The summed E-state index contributed by atoms with van der Waals surface area (Å²) in [6.07, 6.45) is 5.45. The molecule has 0 N–H and O–H groups in total. The Balaban J connectivity index is 1.47. The van der Waals surface area contributed by atoms with E-state index < -0.39 is 5.41 Å². The molecule has 3 aliphatic rings. The zero-order valence-electron chi connectivity index (χ0n) is 16.2. The number of fused-ring (bicyclic) bond motifs is 2. The fourth-order valence-corrected chi connectivity index (χ4v) is 5.07. The van der Waals surface area contributed by atoms with E-state index in [0.29, 0.717) is 24.8 Å². The van der Waals surface area contributed by atoms with Crippen molar-refractivity contribution in [1.29, 1.82) is 0 Å². The standard InChI is InChI=1S/C22H28N2O3/c1-3-19(25)22(11-12-22)21(27)24-16-9-10-17(24)14-18(13-16)23(2)20(26)15-7-5-4-6-8-15/h4-8,16-18H,3,9-14H2,1-2H3. The SMILES string of the molecule is CCC(=O)C1(C(=O)N2C3CCC2CC(N(C)C(=O)c2ccccc2)C3)CC1. The molecular formula is C22H28N2O3. The maximum atomic E-state index is 13.2. The number of nitrogens with zero attached hydrogens (tertiary/aromatic N) is 2. The topological polar surface area (TPSA) is 57.7 Å². The van der Waals surface area contributed by atoms with Gasteiger partial charge in [-0.25, -0.2) is 0 Å². The molecule has 144 valence electrons. The fourth-order valence-electron chi connectivity index (χ4n) is 5.07. The lowest BCUT2D eigenvalue weighted by atomic mass is 9.91. The van der Waals surface area contributed by atoms with Crippen molar-refractivity contribution in [3.05, 3.63) is 35.9 Å². The second-order valence-corrected chi connectivity index (χ2v) is 8.36. The average Bonchev–Trinajstić information content (AvgIpc) is 3.47. The summed E-state index contributed by atoms with van der Waals surface area (Å²) in [4.78, 5) is 42.2. The summed E-state index contributed by atoms with van der Waals surface area (Å²) in [7, 11) is 1.87. The Kier molecular flexibility index (Phi) is 4.57. The molecule has 4 rings (SSSR count). The predicted molar refractivity (Wildman–Crippen MR) is 102 cm³/mol. The Hall–Kier alpha value is -2.17.